The molecule has 4 bridgehead atoms. The summed E-state index contributed by atoms with van der Waals surface area (Å²) in [4.78, 5) is 18.2. The first-order valence-electron chi connectivity index (χ1n) is 11.3. The summed E-state index contributed by atoms with van der Waals surface area (Å²) < 4.78 is 7.38. The summed E-state index contributed by atoms with van der Waals surface area (Å²) in [5.74, 6) is 3.12. The highest BCUT2D eigenvalue weighted by atomic mass is 16.5. The van der Waals surface area contributed by atoms with Gasteiger partial charge in [0.25, 0.3) is 0 Å². The highest BCUT2D eigenvalue weighted by molar-refractivity contribution is 5.83. The van der Waals surface area contributed by atoms with E-state index in [1.807, 2.05) is 25.4 Å². The Labute approximate surface area is 178 Å². The smallest absolute Gasteiger partial charge is 0.226 e. The summed E-state index contributed by atoms with van der Waals surface area (Å²) in [6.45, 7) is 4.08. The van der Waals surface area contributed by atoms with Crippen molar-refractivity contribution in [3.8, 4) is 5.75 Å². The van der Waals surface area contributed by atoms with Crippen LogP contribution < -0.4 is 10.1 Å². The van der Waals surface area contributed by atoms with Crippen LogP contribution in [0, 0.1) is 24.2 Å². The molecule has 6 rings (SSSR count). The molecule has 1 heterocycles. The van der Waals surface area contributed by atoms with E-state index in [0.29, 0.717) is 11.8 Å². The first kappa shape index (κ1) is 19.6. The molecule has 0 radical (unpaired) electrons. The highest BCUT2D eigenvalue weighted by Gasteiger charge is 2.61. The molecule has 4 saturated carbocycles. The number of nitrogens with one attached hydrogen (secondary N) is 1. The number of hydrogen-bond donors (Lipinski definition) is 1. The minimum Gasteiger partial charge on any atom is -0.497 e. The Hall–Kier alpha value is -2.37. The summed E-state index contributed by atoms with van der Waals surface area (Å²) in [7, 11) is 1.67. The zero-order valence-electron chi connectivity index (χ0n) is 18.2. The van der Waals surface area contributed by atoms with E-state index in [0.717, 1.165) is 55.7 Å². The number of methoxy groups -OCH3 is 1. The van der Waals surface area contributed by atoms with E-state index in [-0.39, 0.29) is 22.9 Å². The third-order valence-electron chi connectivity index (χ3n) is 7.84. The van der Waals surface area contributed by atoms with Crippen molar-refractivity contribution in [1.29, 1.82) is 0 Å². The van der Waals surface area contributed by atoms with E-state index in [2.05, 4.69) is 34.0 Å². The summed E-state index contributed by atoms with van der Waals surface area (Å²) in [6.07, 6.45) is 9.22. The van der Waals surface area contributed by atoms with Gasteiger partial charge in [-0.25, -0.2) is 9.67 Å². The Morgan fingerprint density at radius 3 is 2.50 bits per heavy atom. The Kier molecular flexibility index (Phi) is 4.64. The topological polar surface area (TPSA) is 69.0 Å². The van der Waals surface area contributed by atoms with Gasteiger partial charge in [-0.15, -0.1) is 0 Å². The van der Waals surface area contributed by atoms with Gasteiger partial charge in [0.1, 0.15) is 17.9 Å². The van der Waals surface area contributed by atoms with Crippen LogP contribution in [-0.2, 0) is 10.3 Å². The lowest BCUT2D eigenvalue weighted by atomic mass is 9.46. The van der Waals surface area contributed by atoms with Gasteiger partial charge in [0.05, 0.1) is 24.1 Å². The van der Waals surface area contributed by atoms with Gasteiger partial charge < -0.3 is 10.1 Å². The molecule has 0 aliphatic heterocycles. The molecule has 4 aliphatic carbocycles. The van der Waals surface area contributed by atoms with Crippen LogP contribution in [0.5, 0.6) is 5.75 Å². The minimum atomic E-state index is -0.274. The number of aromatic nitrogens is 3. The van der Waals surface area contributed by atoms with E-state index in [1.54, 1.807) is 7.11 Å². The first-order valence-corrected chi connectivity index (χ1v) is 11.3. The molecule has 4 fully saturated rings. The average molecular weight is 409 g/mol. The number of amides is 1. The fourth-order valence-corrected chi connectivity index (χ4v) is 6.89. The lowest BCUT2D eigenvalue weighted by molar-refractivity contribution is -0.156. The maximum absolute atomic E-state index is 13.8. The number of carbonyl (C=O) groups excluding carboxylic acids is 1. The van der Waals surface area contributed by atoms with Gasteiger partial charge in [-0.05, 0) is 81.4 Å². The van der Waals surface area contributed by atoms with Crippen molar-refractivity contribution in [2.75, 3.05) is 7.11 Å². The molecular formula is C24H32N4O2. The monoisotopic (exact) mass is 408 g/mol. The molecule has 1 aromatic heterocycles. The molecular weight excluding hydrogens is 376 g/mol. The minimum absolute atomic E-state index is 0.0287. The Bertz CT molecular complexity index is 921. The van der Waals surface area contributed by atoms with E-state index in [4.69, 9.17) is 9.84 Å². The molecule has 1 amide bonds. The molecule has 1 aromatic carbocycles. The van der Waals surface area contributed by atoms with Crippen molar-refractivity contribution in [2.24, 2.45) is 17.3 Å². The van der Waals surface area contributed by atoms with E-state index in [9.17, 15) is 4.79 Å². The van der Waals surface area contributed by atoms with E-state index >= 15 is 0 Å². The van der Waals surface area contributed by atoms with Crippen LogP contribution in [0.3, 0.4) is 0 Å². The summed E-state index contributed by atoms with van der Waals surface area (Å²) in [6, 6.07) is 8.09. The van der Waals surface area contributed by atoms with Crippen molar-refractivity contribution in [1.82, 2.24) is 20.1 Å². The lowest BCUT2D eigenvalue weighted by Crippen LogP contribution is -2.61. The van der Waals surface area contributed by atoms with Crippen LogP contribution in [0.2, 0.25) is 0 Å². The van der Waals surface area contributed by atoms with Crippen LogP contribution >= 0.6 is 0 Å². The second-order valence-electron chi connectivity index (χ2n) is 9.91. The third kappa shape index (κ3) is 3.12. The van der Waals surface area contributed by atoms with Gasteiger partial charge in [-0.2, -0.15) is 5.10 Å². The number of aryl methyl sites for hydroxylation is 1. The highest BCUT2D eigenvalue weighted by Crippen LogP contribution is 2.64. The SMILES string of the molecule is CCC(NC(=O)C12CC3CC(C1)CC(n1cnc(C)n1)(C3)C2)c1ccc(OC)cc1. The predicted octanol–water partition coefficient (Wildman–Crippen LogP) is 4.16. The van der Waals surface area contributed by atoms with Gasteiger partial charge in [0, 0.05) is 0 Å². The Morgan fingerprint density at radius 1 is 1.23 bits per heavy atom. The molecule has 0 saturated heterocycles. The van der Waals surface area contributed by atoms with Crippen LogP contribution in [0.25, 0.3) is 0 Å². The molecule has 3 unspecified atom stereocenters. The number of nitrogens with zero attached hydrogens (tertiary/aromatic N) is 3. The van der Waals surface area contributed by atoms with Crippen molar-refractivity contribution >= 4 is 5.91 Å². The Morgan fingerprint density at radius 2 is 1.93 bits per heavy atom. The number of carbonyl (C=O) groups is 1. The quantitative estimate of drug-likeness (QED) is 0.779. The Balaban J connectivity index is 1.40. The standard InChI is InChI=1S/C24H32N4O2/c1-4-21(19-5-7-20(30-3)8-6-19)26-22(29)23-10-17-9-18(11-23)13-24(12-17,14-23)28-15-25-16(2)27-28/h5-8,15,17-18,21H,4,9-14H2,1-3H3,(H,26,29). The van der Waals surface area contributed by atoms with Crippen LogP contribution in [0.4, 0.5) is 0 Å². The summed E-state index contributed by atoms with van der Waals surface area (Å²) in [5.41, 5.74) is 0.826. The second-order valence-corrected chi connectivity index (χ2v) is 9.91. The summed E-state index contributed by atoms with van der Waals surface area (Å²) in [5, 5.41) is 8.12. The zero-order chi connectivity index (χ0) is 20.9. The zero-order valence-corrected chi connectivity index (χ0v) is 18.2. The lowest BCUT2D eigenvalue weighted by Gasteiger charge is -2.61. The maximum atomic E-state index is 13.8. The number of ether oxygens (including phenoxy) is 1. The van der Waals surface area contributed by atoms with Gasteiger partial charge in [0.15, 0.2) is 0 Å². The summed E-state index contributed by atoms with van der Waals surface area (Å²) >= 11 is 0. The van der Waals surface area contributed by atoms with Gasteiger partial charge in [-0.3, -0.25) is 4.79 Å². The van der Waals surface area contributed by atoms with Crippen LogP contribution in [0.15, 0.2) is 30.6 Å². The van der Waals surface area contributed by atoms with Crippen molar-refractivity contribution in [3.05, 3.63) is 42.0 Å². The maximum Gasteiger partial charge on any atom is 0.226 e. The molecule has 2 aromatic rings. The number of rotatable bonds is 6. The molecule has 0 spiro atoms. The third-order valence-corrected chi connectivity index (χ3v) is 7.84. The van der Waals surface area contributed by atoms with E-state index < -0.39 is 0 Å². The van der Waals surface area contributed by atoms with Crippen molar-refractivity contribution < 1.29 is 9.53 Å². The largest absolute Gasteiger partial charge is 0.497 e. The second kappa shape index (κ2) is 7.10. The van der Waals surface area contributed by atoms with Crippen LogP contribution in [-0.4, -0.2) is 27.8 Å². The molecule has 1 N–H and O–H groups in total. The molecule has 6 nitrogen and oxygen atoms in total. The fraction of sp³-hybridized carbons (Fsp3) is 0.625. The van der Waals surface area contributed by atoms with Crippen molar-refractivity contribution in [3.63, 3.8) is 0 Å². The normalized spacial score (nSPS) is 32.8. The number of benzene rings is 1. The molecule has 6 heteroatoms. The van der Waals surface area contributed by atoms with Gasteiger partial charge >= 0.3 is 0 Å². The van der Waals surface area contributed by atoms with Crippen LogP contribution in [0.1, 0.15) is 69.3 Å². The molecule has 4 aliphatic rings. The molecule has 30 heavy (non-hydrogen) atoms. The van der Waals surface area contributed by atoms with Crippen molar-refractivity contribution in [2.45, 2.75) is 70.4 Å². The van der Waals surface area contributed by atoms with E-state index in [1.165, 1.54) is 6.42 Å². The molecule has 160 valence electrons. The fourth-order valence-electron chi connectivity index (χ4n) is 6.89. The van der Waals surface area contributed by atoms with Gasteiger partial charge in [-0.1, -0.05) is 19.1 Å². The number of hydrogen-bond acceptors (Lipinski definition) is 4. The first-order chi connectivity index (χ1) is 14.4. The average Bonchev–Trinajstić information content (AvgIpc) is 3.18. The molecule has 3 atom stereocenters. The predicted molar refractivity (Wildman–Crippen MR) is 114 cm³/mol. The van der Waals surface area contributed by atoms with Gasteiger partial charge in [0.2, 0.25) is 5.91 Å².